The second kappa shape index (κ2) is 13.2. The third-order valence-corrected chi connectivity index (χ3v) is 2.53. The van der Waals surface area contributed by atoms with Crippen LogP contribution in [0.1, 0.15) is 56.8 Å². The standard InChI is InChI=1S/C15H20O4.C2H6/c1-2-10-19-15(17)5-3-4-11-18-14-8-6-13(12-16)7-9-14;1-2/h6-9,12H,2-5,10-11H2,1H3;1-2H3. The third-order valence-electron chi connectivity index (χ3n) is 2.53. The molecule has 4 nitrogen and oxygen atoms in total. The van der Waals surface area contributed by atoms with Crippen LogP contribution in [0.3, 0.4) is 0 Å². The molecule has 1 rings (SSSR count). The number of esters is 1. The van der Waals surface area contributed by atoms with Crippen molar-refractivity contribution in [2.75, 3.05) is 13.2 Å². The average molecular weight is 294 g/mol. The van der Waals surface area contributed by atoms with Gasteiger partial charge < -0.3 is 9.47 Å². The van der Waals surface area contributed by atoms with Crippen molar-refractivity contribution in [1.82, 2.24) is 0 Å². The first kappa shape index (κ1) is 19.2. The second-order valence-electron chi connectivity index (χ2n) is 4.21. The van der Waals surface area contributed by atoms with Gasteiger partial charge in [0.2, 0.25) is 0 Å². The lowest BCUT2D eigenvalue weighted by Crippen LogP contribution is -2.06. The monoisotopic (exact) mass is 294 g/mol. The molecule has 0 saturated carbocycles. The first-order valence-electron chi connectivity index (χ1n) is 7.60. The molecular weight excluding hydrogens is 268 g/mol. The van der Waals surface area contributed by atoms with Crippen LogP contribution in [-0.4, -0.2) is 25.5 Å². The first-order chi connectivity index (χ1) is 10.3. The van der Waals surface area contributed by atoms with Gasteiger partial charge in [0, 0.05) is 12.0 Å². The quantitative estimate of drug-likeness (QED) is 0.392. The van der Waals surface area contributed by atoms with Crippen molar-refractivity contribution in [1.29, 1.82) is 0 Å². The summed E-state index contributed by atoms with van der Waals surface area (Å²) in [5, 5.41) is 0. The smallest absolute Gasteiger partial charge is 0.305 e. The Morgan fingerprint density at radius 1 is 1.10 bits per heavy atom. The highest BCUT2D eigenvalue weighted by atomic mass is 16.5. The molecule has 0 N–H and O–H groups in total. The Balaban J connectivity index is 0.00000191. The van der Waals surface area contributed by atoms with E-state index in [0.29, 0.717) is 25.2 Å². The zero-order chi connectivity index (χ0) is 15.9. The van der Waals surface area contributed by atoms with Gasteiger partial charge in [-0.05, 0) is 43.5 Å². The van der Waals surface area contributed by atoms with Gasteiger partial charge in [-0.3, -0.25) is 9.59 Å². The minimum absolute atomic E-state index is 0.141. The Morgan fingerprint density at radius 3 is 2.33 bits per heavy atom. The van der Waals surface area contributed by atoms with Crippen LogP contribution in [0.4, 0.5) is 0 Å². The second-order valence-corrected chi connectivity index (χ2v) is 4.21. The van der Waals surface area contributed by atoms with E-state index in [2.05, 4.69) is 0 Å². The highest BCUT2D eigenvalue weighted by Gasteiger charge is 2.01. The Kier molecular flexibility index (Phi) is 12.0. The van der Waals surface area contributed by atoms with Gasteiger partial charge >= 0.3 is 5.97 Å². The molecule has 0 amide bonds. The lowest BCUT2D eigenvalue weighted by Gasteiger charge is -2.06. The van der Waals surface area contributed by atoms with Gasteiger partial charge in [-0.25, -0.2) is 0 Å². The predicted molar refractivity (Wildman–Crippen MR) is 83.8 cm³/mol. The summed E-state index contributed by atoms with van der Waals surface area (Å²) in [4.78, 5) is 21.7. The minimum atomic E-state index is -0.141. The molecule has 1 aromatic rings. The number of carbonyl (C=O) groups excluding carboxylic acids is 2. The number of carbonyl (C=O) groups is 2. The van der Waals surface area contributed by atoms with Crippen LogP contribution in [0, 0.1) is 0 Å². The lowest BCUT2D eigenvalue weighted by molar-refractivity contribution is -0.143. The maximum Gasteiger partial charge on any atom is 0.305 e. The van der Waals surface area contributed by atoms with E-state index in [1.54, 1.807) is 24.3 Å². The summed E-state index contributed by atoms with van der Waals surface area (Å²) in [7, 11) is 0. The van der Waals surface area contributed by atoms with E-state index in [0.717, 1.165) is 31.3 Å². The van der Waals surface area contributed by atoms with Gasteiger partial charge in [0.05, 0.1) is 13.2 Å². The number of rotatable bonds is 9. The molecule has 0 aliphatic heterocycles. The summed E-state index contributed by atoms with van der Waals surface area (Å²) >= 11 is 0. The van der Waals surface area contributed by atoms with E-state index < -0.39 is 0 Å². The molecule has 0 aliphatic rings. The summed E-state index contributed by atoms with van der Waals surface area (Å²) in [6.45, 7) is 7.02. The van der Waals surface area contributed by atoms with Gasteiger partial charge in [0.1, 0.15) is 12.0 Å². The largest absolute Gasteiger partial charge is 0.494 e. The Morgan fingerprint density at radius 2 is 1.76 bits per heavy atom. The minimum Gasteiger partial charge on any atom is -0.494 e. The molecule has 21 heavy (non-hydrogen) atoms. The van der Waals surface area contributed by atoms with E-state index >= 15 is 0 Å². The van der Waals surface area contributed by atoms with Crippen molar-refractivity contribution < 1.29 is 19.1 Å². The molecule has 0 unspecified atom stereocenters. The van der Waals surface area contributed by atoms with Crippen molar-refractivity contribution in [3.63, 3.8) is 0 Å². The zero-order valence-corrected chi connectivity index (χ0v) is 13.3. The number of ether oxygens (including phenoxy) is 2. The van der Waals surface area contributed by atoms with Crippen LogP contribution in [0.2, 0.25) is 0 Å². The number of hydrogen-bond donors (Lipinski definition) is 0. The van der Waals surface area contributed by atoms with Crippen molar-refractivity contribution >= 4 is 12.3 Å². The molecule has 0 fully saturated rings. The molecule has 0 atom stereocenters. The average Bonchev–Trinajstić information content (AvgIpc) is 2.55. The topological polar surface area (TPSA) is 52.6 Å². The van der Waals surface area contributed by atoms with Crippen LogP contribution in [0.15, 0.2) is 24.3 Å². The fourth-order valence-corrected chi connectivity index (χ4v) is 1.49. The van der Waals surface area contributed by atoms with Crippen LogP contribution in [0.5, 0.6) is 5.75 Å². The van der Waals surface area contributed by atoms with Gasteiger partial charge in [0.15, 0.2) is 0 Å². The van der Waals surface area contributed by atoms with Crippen molar-refractivity contribution in [3.8, 4) is 5.75 Å². The number of aldehydes is 1. The van der Waals surface area contributed by atoms with E-state index in [-0.39, 0.29) is 5.97 Å². The lowest BCUT2D eigenvalue weighted by atomic mass is 10.2. The number of unbranched alkanes of at least 4 members (excludes halogenated alkanes) is 1. The van der Waals surface area contributed by atoms with E-state index in [4.69, 9.17) is 9.47 Å². The molecule has 118 valence electrons. The van der Waals surface area contributed by atoms with Gasteiger partial charge in [-0.2, -0.15) is 0 Å². The maximum atomic E-state index is 11.2. The molecule has 1 aromatic carbocycles. The molecular formula is C17H26O4. The first-order valence-corrected chi connectivity index (χ1v) is 7.60. The van der Waals surface area contributed by atoms with Crippen LogP contribution in [0.25, 0.3) is 0 Å². The molecule has 0 aliphatic carbocycles. The number of benzene rings is 1. The van der Waals surface area contributed by atoms with E-state index in [9.17, 15) is 9.59 Å². The molecule has 0 aromatic heterocycles. The molecule has 0 radical (unpaired) electrons. The summed E-state index contributed by atoms with van der Waals surface area (Å²) in [5.74, 6) is 0.594. The van der Waals surface area contributed by atoms with Crippen molar-refractivity contribution in [2.45, 2.75) is 46.5 Å². The fraction of sp³-hybridized carbons (Fsp3) is 0.529. The van der Waals surface area contributed by atoms with Crippen LogP contribution < -0.4 is 4.74 Å². The number of hydrogen-bond acceptors (Lipinski definition) is 4. The van der Waals surface area contributed by atoms with Crippen molar-refractivity contribution in [2.24, 2.45) is 0 Å². The molecule has 0 saturated heterocycles. The van der Waals surface area contributed by atoms with Crippen LogP contribution in [-0.2, 0) is 9.53 Å². The normalized spacial score (nSPS) is 9.29. The summed E-state index contributed by atoms with van der Waals surface area (Å²) in [6.07, 6.45) is 3.65. The zero-order valence-electron chi connectivity index (χ0n) is 13.3. The Hall–Kier alpha value is -1.84. The molecule has 0 spiro atoms. The summed E-state index contributed by atoms with van der Waals surface area (Å²) in [6, 6.07) is 6.95. The molecule has 0 heterocycles. The summed E-state index contributed by atoms with van der Waals surface area (Å²) < 4.78 is 10.5. The molecule has 0 bridgehead atoms. The van der Waals surface area contributed by atoms with Gasteiger partial charge in [0.25, 0.3) is 0 Å². The van der Waals surface area contributed by atoms with Gasteiger partial charge in [-0.15, -0.1) is 0 Å². The highest BCUT2D eigenvalue weighted by molar-refractivity contribution is 5.74. The SMILES string of the molecule is CC.CCCOC(=O)CCCCOc1ccc(C=O)cc1. The fourth-order valence-electron chi connectivity index (χ4n) is 1.49. The highest BCUT2D eigenvalue weighted by Crippen LogP contribution is 2.11. The molecule has 4 heteroatoms. The predicted octanol–water partition coefficient (Wildman–Crippen LogP) is 4.03. The Labute approximate surface area is 127 Å². The van der Waals surface area contributed by atoms with Crippen molar-refractivity contribution in [3.05, 3.63) is 29.8 Å². The Bertz CT molecular complexity index is 384. The third kappa shape index (κ3) is 9.66. The summed E-state index contributed by atoms with van der Waals surface area (Å²) in [5.41, 5.74) is 0.631. The van der Waals surface area contributed by atoms with Gasteiger partial charge in [-0.1, -0.05) is 20.8 Å². The van der Waals surface area contributed by atoms with E-state index in [1.165, 1.54) is 0 Å². The van der Waals surface area contributed by atoms with E-state index in [1.807, 2.05) is 20.8 Å². The maximum absolute atomic E-state index is 11.2. The van der Waals surface area contributed by atoms with Crippen LogP contribution >= 0.6 is 0 Å².